The smallest absolute Gasteiger partial charge is 0.0932 e. The van der Waals surface area contributed by atoms with Crippen LogP contribution in [0.25, 0.3) is 0 Å². The fourth-order valence-corrected chi connectivity index (χ4v) is 1.75. The Kier molecular flexibility index (Phi) is 7.63. The van der Waals surface area contributed by atoms with Crippen molar-refractivity contribution < 1.29 is 9.47 Å². The maximum atomic E-state index is 5.76. The van der Waals surface area contributed by atoms with Crippen LogP contribution in [0.2, 0.25) is 0 Å². The highest BCUT2D eigenvalue weighted by molar-refractivity contribution is 5.14. The van der Waals surface area contributed by atoms with Crippen molar-refractivity contribution in [1.29, 1.82) is 0 Å². The Labute approximate surface area is 104 Å². The summed E-state index contributed by atoms with van der Waals surface area (Å²) < 4.78 is 10.9. The van der Waals surface area contributed by atoms with Crippen LogP contribution in [-0.4, -0.2) is 40.0 Å². The van der Waals surface area contributed by atoms with Crippen molar-refractivity contribution in [1.82, 2.24) is 5.32 Å². The van der Waals surface area contributed by atoms with Crippen molar-refractivity contribution in [2.24, 2.45) is 0 Å². The minimum atomic E-state index is 0.153. The maximum Gasteiger partial charge on any atom is 0.0932 e. The average molecular weight is 237 g/mol. The van der Waals surface area contributed by atoms with Gasteiger partial charge in [0.15, 0.2) is 0 Å². The van der Waals surface area contributed by atoms with Crippen LogP contribution in [0.1, 0.15) is 12.0 Å². The van der Waals surface area contributed by atoms with Crippen molar-refractivity contribution in [3.63, 3.8) is 0 Å². The number of ether oxygens (including phenoxy) is 2. The quantitative estimate of drug-likeness (QED) is 0.665. The highest BCUT2D eigenvalue weighted by atomic mass is 16.5. The summed E-state index contributed by atoms with van der Waals surface area (Å²) in [6.07, 6.45) is 2.27. The van der Waals surface area contributed by atoms with E-state index in [2.05, 4.69) is 29.6 Å². The predicted octanol–water partition coefficient (Wildman–Crippen LogP) is 1.87. The summed E-state index contributed by atoms with van der Waals surface area (Å²) in [6, 6.07) is 10.5. The van der Waals surface area contributed by atoms with E-state index in [1.807, 2.05) is 13.1 Å². The van der Waals surface area contributed by atoms with Gasteiger partial charge in [-0.15, -0.1) is 0 Å². The molecule has 3 nitrogen and oxygen atoms in total. The van der Waals surface area contributed by atoms with Crippen LogP contribution in [0, 0.1) is 0 Å². The molecule has 1 atom stereocenters. The number of methoxy groups -OCH3 is 1. The summed E-state index contributed by atoms with van der Waals surface area (Å²) in [7, 11) is 3.63. The third kappa shape index (κ3) is 6.41. The molecule has 0 saturated carbocycles. The van der Waals surface area contributed by atoms with Gasteiger partial charge in [0.25, 0.3) is 0 Å². The Morgan fingerprint density at radius 1 is 1.24 bits per heavy atom. The van der Waals surface area contributed by atoms with E-state index < -0.39 is 0 Å². The molecule has 0 radical (unpaired) electrons. The molecule has 0 spiro atoms. The molecule has 0 fully saturated rings. The molecule has 3 heteroatoms. The van der Waals surface area contributed by atoms with Gasteiger partial charge in [0.1, 0.15) is 0 Å². The topological polar surface area (TPSA) is 30.5 Å². The third-order valence-corrected chi connectivity index (χ3v) is 2.59. The number of likely N-dealkylation sites (N-methyl/N-ethyl adjacent to an activating group) is 1. The molecule has 96 valence electrons. The van der Waals surface area contributed by atoms with Gasteiger partial charge in [0.2, 0.25) is 0 Å². The minimum Gasteiger partial charge on any atom is -0.382 e. The number of aryl methyl sites for hydroxylation is 1. The minimum absolute atomic E-state index is 0.153. The van der Waals surface area contributed by atoms with Crippen LogP contribution in [0.4, 0.5) is 0 Å². The van der Waals surface area contributed by atoms with Crippen molar-refractivity contribution in [2.75, 3.05) is 33.9 Å². The van der Waals surface area contributed by atoms with Crippen LogP contribution in [0.5, 0.6) is 0 Å². The molecule has 0 amide bonds. The van der Waals surface area contributed by atoms with Crippen LogP contribution < -0.4 is 5.32 Å². The zero-order chi connectivity index (χ0) is 12.3. The Morgan fingerprint density at radius 3 is 2.65 bits per heavy atom. The van der Waals surface area contributed by atoms with Gasteiger partial charge in [0, 0.05) is 20.3 Å². The van der Waals surface area contributed by atoms with Gasteiger partial charge in [-0.05, 0) is 25.5 Å². The number of benzene rings is 1. The zero-order valence-electron chi connectivity index (χ0n) is 10.8. The van der Waals surface area contributed by atoms with Crippen molar-refractivity contribution in [3.05, 3.63) is 35.9 Å². The summed E-state index contributed by atoms with van der Waals surface area (Å²) in [6.45, 7) is 2.26. The molecular formula is C14H23NO2. The molecule has 0 bridgehead atoms. The highest BCUT2D eigenvalue weighted by Crippen LogP contribution is 2.03. The molecule has 0 aliphatic heterocycles. The summed E-state index contributed by atoms with van der Waals surface area (Å²) in [5.74, 6) is 0. The lowest BCUT2D eigenvalue weighted by atomic mass is 10.1. The van der Waals surface area contributed by atoms with Crippen molar-refractivity contribution in [3.8, 4) is 0 Å². The molecule has 1 unspecified atom stereocenters. The van der Waals surface area contributed by atoms with Gasteiger partial charge in [-0.1, -0.05) is 30.3 Å². The van der Waals surface area contributed by atoms with Gasteiger partial charge in [0.05, 0.1) is 12.7 Å². The first-order valence-corrected chi connectivity index (χ1v) is 6.16. The van der Waals surface area contributed by atoms with Gasteiger partial charge in [-0.2, -0.15) is 0 Å². The lowest BCUT2D eigenvalue weighted by Gasteiger charge is -2.16. The second-order valence-corrected chi connectivity index (χ2v) is 4.09. The Balaban J connectivity index is 2.13. The summed E-state index contributed by atoms with van der Waals surface area (Å²) in [5, 5.41) is 3.11. The van der Waals surface area contributed by atoms with Gasteiger partial charge in [-0.25, -0.2) is 0 Å². The lowest BCUT2D eigenvalue weighted by molar-refractivity contribution is -0.000796. The second-order valence-electron chi connectivity index (χ2n) is 4.09. The van der Waals surface area contributed by atoms with E-state index in [-0.39, 0.29) is 6.10 Å². The Morgan fingerprint density at radius 2 is 2.00 bits per heavy atom. The van der Waals surface area contributed by atoms with Crippen LogP contribution in [-0.2, 0) is 15.9 Å². The predicted molar refractivity (Wildman–Crippen MR) is 70.3 cm³/mol. The molecule has 17 heavy (non-hydrogen) atoms. The maximum absolute atomic E-state index is 5.76. The summed E-state index contributed by atoms with van der Waals surface area (Å²) in [4.78, 5) is 0. The zero-order valence-corrected chi connectivity index (χ0v) is 10.8. The molecule has 1 N–H and O–H groups in total. The Hall–Kier alpha value is -0.900. The first-order chi connectivity index (χ1) is 8.36. The molecule has 0 aliphatic carbocycles. The first-order valence-electron chi connectivity index (χ1n) is 6.16. The van der Waals surface area contributed by atoms with E-state index in [0.717, 1.165) is 26.0 Å². The second kappa shape index (κ2) is 9.16. The molecule has 0 saturated heterocycles. The monoisotopic (exact) mass is 237 g/mol. The molecular weight excluding hydrogens is 214 g/mol. The van der Waals surface area contributed by atoms with E-state index in [1.54, 1.807) is 7.11 Å². The largest absolute Gasteiger partial charge is 0.382 e. The number of rotatable bonds is 9. The third-order valence-electron chi connectivity index (χ3n) is 2.59. The van der Waals surface area contributed by atoms with Gasteiger partial charge < -0.3 is 14.8 Å². The summed E-state index contributed by atoms with van der Waals surface area (Å²) in [5.41, 5.74) is 1.37. The normalized spacial score (nSPS) is 12.6. The highest BCUT2D eigenvalue weighted by Gasteiger charge is 2.06. The van der Waals surface area contributed by atoms with Crippen molar-refractivity contribution >= 4 is 0 Å². The standard InChI is InChI=1S/C14H23NO2/c1-15-11-14(12-16-2)17-10-6-9-13-7-4-3-5-8-13/h3-5,7-8,14-15H,6,9-12H2,1-2H3. The number of hydrogen-bond donors (Lipinski definition) is 1. The Bertz CT molecular complexity index is 271. The van der Waals surface area contributed by atoms with Crippen molar-refractivity contribution in [2.45, 2.75) is 18.9 Å². The van der Waals surface area contributed by atoms with Crippen LogP contribution >= 0.6 is 0 Å². The molecule has 1 aromatic rings. The fraction of sp³-hybridized carbons (Fsp3) is 0.571. The van der Waals surface area contributed by atoms with Crippen LogP contribution in [0.15, 0.2) is 30.3 Å². The number of hydrogen-bond acceptors (Lipinski definition) is 3. The lowest BCUT2D eigenvalue weighted by Crippen LogP contribution is -2.31. The fourth-order valence-electron chi connectivity index (χ4n) is 1.75. The van der Waals surface area contributed by atoms with Gasteiger partial charge in [-0.3, -0.25) is 0 Å². The van der Waals surface area contributed by atoms with E-state index in [4.69, 9.17) is 9.47 Å². The average Bonchev–Trinajstić information content (AvgIpc) is 2.36. The summed E-state index contributed by atoms with van der Waals surface area (Å²) >= 11 is 0. The number of nitrogens with one attached hydrogen (secondary N) is 1. The van der Waals surface area contributed by atoms with E-state index in [9.17, 15) is 0 Å². The van der Waals surface area contributed by atoms with E-state index >= 15 is 0 Å². The molecule has 1 aromatic carbocycles. The van der Waals surface area contributed by atoms with E-state index in [1.165, 1.54) is 5.56 Å². The van der Waals surface area contributed by atoms with Gasteiger partial charge >= 0.3 is 0 Å². The van der Waals surface area contributed by atoms with E-state index in [0.29, 0.717) is 6.61 Å². The molecule has 1 rings (SSSR count). The molecule has 0 heterocycles. The molecule has 0 aliphatic rings. The van der Waals surface area contributed by atoms with Crippen LogP contribution in [0.3, 0.4) is 0 Å². The first kappa shape index (κ1) is 14.2. The molecule has 0 aromatic heterocycles. The SMILES string of the molecule is CNCC(COC)OCCCc1ccccc1.